The number of benzene rings is 1. The Kier molecular flexibility index (Phi) is 4.08. The van der Waals surface area contributed by atoms with Crippen molar-refractivity contribution in [2.45, 2.75) is 37.8 Å². The van der Waals surface area contributed by atoms with Gasteiger partial charge in [-0.2, -0.15) is 0 Å². The maximum atomic E-state index is 5.49. The summed E-state index contributed by atoms with van der Waals surface area (Å²) in [6.45, 7) is 4.52. The van der Waals surface area contributed by atoms with Crippen molar-refractivity contribution in [3.05, 3.63) is 18.2 Å². The fourth-order valence-corrected chi connectivity index (χ4v) is 3.73. The Bertz CT molecular complexity index is 517. The Morgan fingerprint density at radius 3 is 2.82 bits per heavy atom. The average Bonchev–Trinajstić information content (AvgIpc) is 3.04. The number of hydrogen-bond donors (Lipinski definition) is 1. The molecule has 0 bridgehead atoms. The second-order valence-corrected chi connectivity index (χ2v) is 6.39. The SMILES string of the molecule is c1cc2c(cc1NC1CCCN(C3CCOCC3)C1)OCO2. The van der Waals surface area contributed by atoms with Crippen molar-refractivity contribution in [1.29, 1.82) is 0 Å². The molecular formula is C17H24N2O3. The van der Waals surface area contributed by atoms with E-state index in [4.69, 9.17) is 14.2 Å². The van der Waals surface area contributed by atoms with Crippen molar-refractivity contribution in [3.63, 3.8) is 0 Å². The molecule has 2 fully saturated rings. The Balaban J connectivity index is 1.38. The highest BCUT2D eigenvalue weighted by Crippen LogP contribution is 2.34. The third-order valence-corrected chi connectivity index (χ3v) is 4.90. The maximum Gasteiger partial charge on any atom is 0.231 e. The molecule has 1 aromatic carbocycles. The van der Waals surface area contributed by atoms with Crippen LogP contribution in [0.25, 0.3) is 0 Å². The smallest absolute Gasteiger partial charge is 0.231 e. The van der Waals surface area contributed by atoms with Gasteiger partial charge in [0, 0.05) is 43.6 Å². The fraction of sp³-hybridized carbons (Fsp3) is 0.647. The zero-order valence-electron chi connectivity index (χ0n) is 12.9. The maximum absolute atomic E-state index is 5.49. The van der Waals surface area contributed by atoms with Gasteiger partial charge < -0.3 is 19.5 Å². The van der Waals surface area contributed by atoms with Crippen LogP contribution in [0.4, 0.5) is 5.69 Å². The molecule has 3 aliphatic heterocycles. The summed E-state index contributed by atoms with van der Waals surface area (Å²) in [6, 6.07) is 7.34. The van der Waals surface area contributed by atoms with Gasteiger partial charge in [-0.15, -0.1) is 0 Å². The first-order valence-electron chi connectivity index (χ1n) is 8.36. The molecule has 0 spiro atoms. The van der Waals surface area contributed by atoms with E-state index < -0.39 is 0 Å². The second kappa shape index (κ2) is 6.34. The van der Waals surface area contributed by atoms with Crippen LogP contribution in [-0.2, 0) is 4.74 Å². The van der Waals surface area contributed by atoms with E-state index in [1.807, 2.05) is 6.07 Å². The van der Waals surface area contributed by atoms with Crippen molar-refractivity contribution in [3.8, 4) is 11.5 Å². The third kappa shape index (κ3) is 3.01. The van der Waals surface area contributed by atoms with E-state index in [9.17, 15) is 0 Å². The zero-order chi connectivity index (χ0) is 14.8. The second-order valence-electron chi connectivity index (χ2n) is 6.39. The fourth-order valence-electron chi connectivity index (χ4n) is 3.73. The highest BCUT2D eigenvalue weighted by Gasteiger charge is 2.27. The van der Waals surface area contributed by atoms with E-state index in [1.165, 1.54) is 32.2 Å². The molecule has 1 atom stereocenters. The largest absolute Gasteiger partial charge is 0.454 e. The summed E-state index contributed by atoms with van der Waals surface area (Å²) in [6.07, 6.45) is 4.85. The molecule has 2 saturated heterocycles. The van der Waals surface area contributed by atoms with Gasteiger partial charge in [-0.3, -0.25) is 4.90 Å². The van der Waals surface area contributed by atoms with Crippen molar-refractivity contribution < 1.29 is 14.2 Å². The predicted molar refractivity (Wildman–Crippen MR) is 84.6 cm³/mol. The first-order valence-corrected chi connectivity index (χ1v) is 8.36. The van der Waals surface area contributed by atoms with Crippen LogP contribution in [0.5, 0.6) is 11.5 Å². The number of piperidine rings is 1. The molecule has 5 nitrogen and oxygen atoms in total. The molecule has 0 aromatic heterocycles. The number of ether oxygens (including phenoxy) is 3. The average molecular weight is 304 g/mol. The lowest BCUT2D eigenvalue weighted by Gasteiger charge is -2.40. The minimum atomic E-state index is 0.333. The Hall–Kier alpha value is -1.46. The number of nitrogens with zero attached hydrogens (tertiary/aromatic N) is 1. The van der Waals surface area contributed by atoms with Crippen LogP contribution in [0.15, 0.2) is 18.2 Å². The van der Waals surface area contributed by atoms with Crippen LogP contribution in [-0.4, -0.2) is 50.1 Å². The lowest BCUT2D eigenvalue weighted by Crippen LogP contribution is -2.48. The standard InChI is InChI=1S/C17H24N2O3/c1-2-14(11-19(7-1)15-5-8-20-9-6-15)18-13-3-4-16-17(10-13)22-12-21-16/h3-4,10,14-15,18H,1-2,5-9,11-12H2. The lowest BCUT2D eigenvalue weighted by atomic mass is 9.99. The molecule has 1 unspecified atom stereocenters. The van der Waals surface area contributed by atoms with Gasteiger partial charge in [0.05, 0.1) is 0 Å². The van der Waals surface area contributed by atoms with Gasteiger partial charge in [0.25, 0.3) is 0 Å². The molecular weight excluding hydrogens is 280 g/mol. The van der Waals surface area contributed by atoms with Crippen molar-refractivity contribution >= 4 is 5.69 Å². The molecule has 1 N–H and O–H groups in total. The summed E-state index contributed by atoms with van der Waals surface area (Å²) in [5.41, 5.74) is 1.13. The minimum Gasteiger partial charge on any atom is -0.454 e. The van der Waals surface area contributed by atoms with Gasteiger partial charge >= 0.3 is 0 Å². The number of rotatable bonds is 3. The van der Waals surface area contributed by atoms with Gasteiger partial charge in [0.1, 0.15) is 0 Å². The van der Waals surface area contributed by atoms with Crippen LogP contribution in [0.2, 0.25) is 0 Å². The van der Waals surface area contributed by atoms with E-state index >= 15 is 0 Å². The van der Waals surface area contributed by atoms with Crippen molar-refractivity contribution in [2.75, 3.05) is 38.4 Å². The first-order chi connectivity index (χ1) is 10.9. The van der Waals surface area contributed by atoms with Gasteiger partial charge in [0.2, 0.25) is 6.79 Å². The molecule has 0 aliphatic carbocycles. The monoisotopic (exact) mass is 304 g/mol. The lowest BCUT2D eigenvalue weighted by molar-refractivity contribution is 0.0256. The summed E-state index contributed by atoms with van der Waals surface area (Å²) in [5.74, 6) is 1.69. The van der Waals surface area contributed by atoms with Crippen molar-refractivity contribution in [2.24, 2.45) is 0 Å². The number of nitrogens with one attached hydrogen (secondary N) is 1. The predicted octanol–water partition coefficient (Wildman–Crippen LogP) is 2.47. The number of anilines is 1. The molecule has 0 radical (unpaired) electrons. The van der Waals surface area contributed by atoms with Gasteiger partial charge in [-0.05, 0) is 44.4 Å². The number of likely N-dealkylation sites (tertiary alicyclic amines) is 1. The van der Waals surface area contributed by atoms with Gasteiger partial charge in [-0.25, -0.2) is 0 Å². The first kappa shape index (κ1) is 14.2. The molecule has 3 aliphatic rings. The quantitative estimate of drug-likeness (QED) is 0.929. The highest BCUT2D eigenvalue weighted by atomic mass is 16.7. The molecule has 1 aromatic rings. The summed E-state index contributed by atoms with van der Waals surface area (Å²) >= 11 is 0. The Labute approximate surface area is 131 Å². The molecule has 3 heterocycles. The van der Waals surface area contributed by atoms with E-state index in [-0.39, 0.29) is 0 Å². The summed E-state index contributed by atoms with van der Waals surface area (Å²) < 4.78 is 16.3. The summed E-state index contributed by atoms with van der Waals surface area (Å²) in [7, 11) is 0. The van der Waals surface area contributed by atoms with E-state index in [0.717, 1.165) is 36.9 Å². The molecule has 4 rings (SSSR count). The molecule has 120 valence electrons. The summed E-state index contributed by atoms with van der Waals surface area (Å²) in [4.78, 5) is 2.65. The molecule has 22 heavy (non-hydrogen) atoms. The molecule has 0 saturated carbocycles. The number of hydrogen-bond acceptors (Lipinski definition) is 5. The normalized spacial score (nSPS) is 26.1. The molecule has 5 heteroatoms. The van der Waals surface area contributed by atoms with Crippen molar-refractivity contribution in [1.82, 2.24) is 4.90 Å². The highest BCUT2D eigenvalue weighted by molar-refractivity contribution is 5.56. The van der Waals surface area contributed by atoms with Crippen LogP contribution < -0.4 is 14.8 Å². The van der Waals surface area contributed by atoms with Crippen LogP contribution in [0.3, 0.4) is 0 Å². The van der Waals surface area contributed by atoms with Crippen LogP contribution >= 0.6 is 0 Å². The van der Waals surface area contributed by atoms with Crippen LogP contribution in [0.1, 0.15) is 25.7 Å². The van der Waals surface area contributed by atoms with Crippen LogP contribution in [0, 0.1) is 0 Å². The van der Waals surface area contributed by atoms with E-state index in [0.29, 0.717) is 18.9 Å². The van der Waals surface area contributed by atoms with Gasteiger partial charge in [-0.1, -0.05) is 0 Å². The zero-order valence-corrected chi connectivity index (χ0v) is 12.9. The topological polar surface area (TPSA) is 43.0 Å². The Morgan fingerprint density at radius 2 is 1.91 bits per heavy atom. The van der Waals surface area contributed by atoms with E-state index in [2.05, 4.69) is 22.3 Å². The summed E-state index contributed by atoms with van der Waals surface area (Å²) in [5, 5.41) is 3.67. The van der Waals surface area contributed by atoms with Gasteiger partial charge in [0.15, 0.2) is 11.5 Å². The Morgan fingerprint density at radius 1 is 1.05 bits per heavy atom. The number of fused-ring (bicyclic) bond motifs is 1. The molecule has 0 amide bonds. The third-order valence-electron chi connectivity index (χ3n) is 4.90. The minimum absolute atomic E-state index is 0.333. The van der Waals surface area contributed by atoms with E-state index in [1.54, 1.807) is 0 Å².